The van der Waals surface area contributed by atoms with Gasteiger partial charge in [-0.3, -0.25) is 4.79 Å². The van der Waals surface area contributed by atoms with Gasteiger partial charge in [-0.1, -0.05) is 0 Å². The lowest BCUT2D eigenvalue weighted by atomic mass is 10.0. The number of aliphatic carboxylic acids is 1. The zero-order chi connectivity index (χ0) is 10.3. The molecule has 14 heavy (non-hydrogen) atoms. The minimum Gasteiger partial charge on any atom is -0.481 e. The number of carboxylic acid groups (broad SMARTS) is 1. The van der Waals surface area contributed by atoms with Gasteiger partial charge in [-0.25, -0.2) is 4.98 Å². The van der Waals surface area contributed by atoms with E-state index in [4.69, 9.17) is 5.11 Å². The molecule has 1 N–H and O–H groups in total. The molecule has 0 atom stereocenters. The van der Waals surface area contributed by atoms with E-state index < -0.39 is 11.4 Å². The lowest BCUT2D eigenvalue weighted by Gasteiger charge is -2.05. The van der Waals surface area contributed by atoms with Crippen LogP contribution in [-0.2, 0) is 11.2 Å². The molecule has 0 saturated heterocycles. The highest BCUT2D eigenvalue weighted by Crippen LogP contribution is 2.49. The Morgan fingerprint density at radius 3 is 2.57 bits per heavy atom. The molecule has 1 aromatic rings. The normalized spacial score (nSPS) is 18.1. The van der Waals surface area contributed by atoms with Gasteiger partial charge in [0.05, 0.1) is 16.1 Å². The van der Waals surface area contributed by atoms with Gasteiger partial charge in [0, 0.05) is 11.3 Å². The van der Waals surface area contributed by atoms with E-state index in [0.29, 0.717) is 6.42 Å². The van der Waals surface area contributed by atoms with Crippen LogP contribution in [0.4, 0.5) is 0 Å². The number of aromatic nitrogens is 1. The summed E-state index contributed by atoms with van der Waals surface area (Å²) in [6.07, 6.45) is 2.22. The molecule has 0 radical (unpaired) electrons. The summed E-state index contributed by atoms with van der Waals surface area (Å²) in [6, 6.07) is 0. The Labute approximate surface area is 86.8 Å². The fourth-order valence-corrected chi connectivity index (χ4v) is 2.60. The Kier molecular flexibility index (Phi) is 2.10. The third-order valence-corrected chi connectivity index (χ3v) is 3.94. The van der Waals surface area contributed by atoms with E-state index in [1.807, 2.05) is 13.8 Å². The van der Waals surface area contributed by atoms with Crippen molar-refractivity contribution < 1.29 is 9.90 Å². The summed E-state index contributed by atoms with van der Waals surface area (Å²) < 4.78 is 0. The monoisotopic (exact) mass is 211 g/mol. The molecule has 1 fully saturated rings. The second kappa shape index (κ2) is 3.05. The zero-order valence-corrected chi connectivity index (χ0v) is 9.15. The highest BCUT2D eigenvalue weighted by molar-refractivity contribution is 7.11. The second-order valence-corrected chi connectivity index (χ2v) is 5.30. The lowest BCUT2D eigenvalue weighted by molar-refractivity contribution is -0.143. The van der Waals surface area contributed by atoms with Gasteiger partial charge in [-0.05, 0) is 26.7 Å². The predicted octanol–water partition coefficient (Wildman–Crippen LogP) is 2.17. The smallest absolute Gasteiger partial charge is 0.310 e. The number of carboxylic acids is 1. The molecule has 76 valence electrons. The number of hydrogen-bond acceptors (Lipinski definition) is 3. The van der Waals surface area contributed by atoms with E-state index >= 15 is 0 Å². The second-order valence-electron chi connectivity index (χ2n) is 4.01. The minimum atomic E-state index is -0.664. The van der Waals surface area contributed by atoms with Crippen LogP contribution in [0, 0.1) is 19.3 Å². The van der Waals surface area contributed by atoms with Gasteiger partial charge in [0.25, 0.3) is 0 Å². The van der Waals surface area contributed by atoms with Crippen LogP contribution in [0.3, 0.4) is 0 Å². The van der Waals surface area contributed by atoms with Crippen LogP contribution in [0.5, 0.6) is 0 Å². The molecule has 0 unspecified atom stereocenters. The van der Waals surface area contributed by atoms with Gasteiger partial charge in [0.15, 0.2) is 0 Å². The minimum absolute atomic E-state index is 0.475. The fourth-order valence-electron chi connectivity index (χ4n) is 1.52. The Bertz CT molecular complexity index is 360. The third-order valence-electron chi connectivity index (χ3n) is 2.87. The number of hydrogen-bond donors (Lipinski definition) is 1. The number of thiazole rings is 1. The van der Waals surface area contributed by atoms with Crippen LogP contribution in [-0.4, -0.2) is 16.1 Å². The van der Waals surface area contributed by atoms with E-state index in [1.54, 1.807) is 11.3 Å². The van der Waals surface area contributed by atoms with Crippen molar-refractivity contribution in [2.24, 2.45) is 5.41 Å². The predicted molar refractivity (Wildman–Crippen MR) is 54.6 cm³/mol. The molecule has 4 heteroatoms. The van der Waals surface area contributed by atoms with Crippen LogP contribution < -0.4 is 0 Å². The fraction of sp³-hybridized carbons (Fsp3) is 0.600. The molecule has 1 aliphatic rings. The Balaban J connectivity index is 2.15. The topological polar surface area (TPSA) is 50.2 Å². The van der Waals surface area contributed by atoms with Gasteiger partial charge in [-0.15, -0.1) is 11.3 Å². The average Bonchev–Trinajstić information content (AvgIpc) is 2.78. The molecule has 3 nitrogen and oxygen atoms in total. The first-order chi connectivity index (χ1) is 6.53. The van der Waals surface area contributed by atoms with Gasteiger partial charge < -0.3 is 5.11 Å². The molecule has 1 aromatic heterocycles. The summed E-state index contributed by atoms with van der Waals surface area (Å²) in [4.78, 5) is 16.5. The van der Waals surface area contributed by atoms with E-state index in [2.05, 4.69) is 4.98 Å². The van der Waals surface area contributed by atoms with Crippen molar-refractivity contribution in [2.75, 3.05) is 0 Å². The van der Waals surface area contributed by atoms with E-state index in [9.17, 15) is 4.79 Å². The third kappa shape index (κ3) is 1.54. The van der Waals surface area contributed by atoms with Crippen molar-refractivity contribution in [1.29, 1.82) is 0 Å². The van der Waals surface area contributed by atoms with Crippen molar-refractivity contribution in [3.63, 3.8) is 0 Å². The maximum atomic E-state index is 11.0. The van der Waals surface area contributed by atoms with Gasteiger partial charge in [-0.2, -0.15) is 0 Å². The number of nitrogens with zero attached hydrogens (tertiary/aromatic N) is 1. The number of carbonyl (C=O) groups is 1. The van der Waals surface area contributed by atoms with Gasteiger partial charge >= 0.3 is 5.97 Å². The average molecular weight is 211 g/mol. The van der Waals surface area contributed by atoms with Crippen LogP contribution >= 0.6 is 11.3 Å². The van der Waals surface area contributed by atoms with Crippen molar-refractivity contribution in [3.05, 3.63) is 15.6 Å². The molecule has 0 spiro atoms. The number of rotatable bonds is 3. The molecule has 0 bridgehead atoms. The first-order valence-corrected chi connectivity index (χ1v) is 5.51. The molecule has 2 rings (SSSR count). The summed E-state index contributed by atoms with van der Waals surface area (Å²) >= 11 is 1.62. The quantitative estimate of drug-likeness (QED) is 0.833. The van der Waals surface area contributed by atoms with Crippen LogP contribution in [0.2, 0.25) is 0 Å². The summed E-state index contributed by atoms with van der Waals surface area (Å²) in [5.41, 5.74) is 0.558. The Morgan fingerprint density at radius 2 is 2.21 bits per heavy atom. The van der Waals surface area contributed by atoms with E-state index in [-0.39, 0.29) is 0 Å². The first-order valence-electron chi connectivity index (χ1n) is 4.70. The standard InChI is InChI=1S/C10H13NO2S/c1-6-7(2)14-8(11-6)5-10(3-4-10)9(12)13/h3-5H2,1-2H3,(H,12,13). The molecule has 0 aromatic carbocycles. The molecule has 1 aliphatic carbocycles. The van der Waals surface area contributed by atoms with Crippen molar-refractivity contribution in [3.8, 4) is 0 Å². The van der Waals surface area contributed by atoms with Gasteiger partial charge in [0.2, 0.25) is 0 Å². The summed E-state index contributed by atoms with van der Waals surface area (Å²) in [5.74, 6) is -0.664. The molecule has 0 amide bonds. The molecular formula is C10H13NO2S. The Hall–Kier alpha value is -0.900. The summed E-state index contributed by atoms with van der Waals surface area (Å²) in [6.45, 7) is 3.99. The molecular weight excluding hydrogens is 198 g/mol. The maximum Gasteiger partial charge on any atom is 0.310 e. The van der Waals surface area contributed by atoms with Gasteiger partial charge in [0.1, 0.15) is 0 Å². The van der Waals surface area contributed by atoms with Crippen molar-refractivity contribution in [2.45, 2.75) is 33.1 Å². The summed E-state index contributed by atoms with van der Waals surface area (Å²) in [7, 11) is 0. The maximum absolute atomic E-state index is 11.0. The van der Waals surface area contributed by atoms with Crippen molar-refractivity contribution in [1.82, 2.24) is 4.98 Å². The first kappa shape index (κ1) is 9.65. The van der Waals surface area contributed by atoms with Crippen LogP contribution in [0.25, 0.3) is 0 Å². The zero-order valence-electron chi connectivity index (χ0n) is 8.33. The van der Waals surface area contributed by atoms with Crippen LogP contribution in [0.15, 0.2) is 0 Å². The van der Waals surface area contributed by atoms with Crippen molar-refractivity contribution >= 4 is 17.3 Å². The molecule has 1 heterocycles. The van der Waals surface area contributed by atoms with Crippen LogP contribution in [0.1, 0.15) is 28.4 Å². The SMILES string of the molecule is Cc1nc(CC2(C(=O)O)CC2)sc1C. The largest absolute Gasteiger partial charge is 0.481 e. The highest BCUT2D eigenvalue weighted by Gasteiger charge is 2.50. The van der Waals surface area contributed by atoms with E-state index in [0.717, 1.165) is 23.5 Å². The molecule has 0 aliphatic heterocycles. The highest BCUT2D eigenvalue weighted by atomic mass is 32.1. The lowest BCUT2D eigenvalue weighted by Crippen LogP contribution is -2.17. The summed E-state index contributed by atoms with van der Waals surface area (Å²) in [5, 5.41) is 9.99. The van der Waals surface area contributed by atoms with E-state index in [1.165, 1.54) is 4.88 Å². The molecule has 1 saturated carbocycles. The number of aryl methyl sites for hydroxylation is 2. The Morgan fingerprint density at radius 1 is 1.57 bits per heavy atom.